The Hall–Kier alpha value is -0.160. The van der Waals surface area contributed by atoms with Gasteiger partial charge in [0.1, 0.15) is 6.04 Å². The molecule has 7 heteroatoms. The minimum Gasteiger partial charge on any atom is -0.316 e. The zero-order chi connectivity index (χ0) is 11.8. The standard InChI is InChI=1S/C8H5Cl3F3N/c9-3-1-2-4(10)6(11)5(3)7(15)8(12,13)14/h1-2,7H,15H2/t7-/m0/s1. The van der Waals surface area contributed by atoms with E-state index < -0.39 is 17.8 Å². The van der Waals surface area contributed by atoms with Gasteiger partial charge in [-0.15, -0.1) is 0 Å². The molecule has 1 nitrogen and oxygen atoms in total. The van der Waals surface area contributed by atoms with Gasteiger partial charge in [0.15, 0.2) is 0 Å². The van der Waals surface area contributed by atoms with E-state index in [-0.39, 0.29) is 15.1 Å². The molecule has 1 rings (SSSR count). The van der Waals surface area contributed by atoms with Crippen LogP contribution in [0.2, 0.25) is 15.1 Å². The first kappa shape index (κ1) is 12.9. The van der Waals surface area contributed by atoms with Crippen molar-refractivity contribution in [3.63, 3.8) is 0 Å². The second kappa shape index (κ2) is 4.37. The van der Waals surface area contributed by atoms with Gasteiger partial charge < -0.3 is 5.73 Å². The largest absolute Gasteiger partial charge is 0.407 e. The van der Waals surface area contributed by atoms with Gasteiger partial charge in [-0.2, -0.15) is 13.2 Å². The zero-order valence-corrected chi connectivity index (χ0v) is 9.34. The lowest BCUT2D eigenvalue weighted by Crippen LogP contribution is -2.29. The van der Waals surface area contributed by atoms with E-state index in [4.69, 9.17) is 40.5 Å². The predicted octanol–water partition coefficient (Wildman–Crippen LogP) is 4.21. The topological polar surface area (TPSA) is 26.0 Å². The van der Waals surface area contributed by atoms with Crippen LogP contribution >= 0.6 is 34.8 Å². The van der Waals surface area contributed by atoms with Crippen molar-refractivity contribution < 1.29 is 13.2 Å². The third-order valence-corrected chi connectivity index (χ3v) is 2.89. The van der Waals surface area contributed by atoms with E-state index in [1.54, 1.807) is 0 Å². The lowest BCUT2D eigenvalue weighted by atomic mass is 10.1. The predicted molar refractivity (Wildman–Crippen MR) is 54.5 cm³/mol. The first-order valence-electron chi connectivity index (χ1n) is 3.71. The van der Waals surface area contributed by atoms with E-state index in [9.17, 15) is 13.2 Å². The van der Waals surface area contributed by atoms with Crippen molar-refractivity contribution in [2.75, 3.05) is 0 Å². The van der Waals surface area contributed by atoms with Crippen LogP contribution in [0.15, 0.2) is 12.1 Å². The van der Waals surface area contributed by atoms with Crippen molar-refractivity contribution in [3.8, 4) is 0 Å². The molecule has 0 radical (unpaired) electrons. The van der Waals surface area contributed by atoms with E-state index >= 15 is 0 Å². The molecule has 0 unspecified atom stereocenters. The number of nitrogens with two attached hydrogens (primary N) is 1. The van der Waals surface area contributed by atoms with Crippen molar-refractivity contribution in [2.45, 2.75) is 12.2 Å². The van der Waals surface area contributed by atoms with Gasteiger partial charge in [-0.1, -0.05) is 34.8 Å². The van der Waals surface area contributed by atoms with Crippen molar-refractivity contribution >= 4 is 34.8 Å². The molecule has 2 N–H and O–H groups in total. The number of hydrogen-bond donors (Lipinski definition) is 1. The van der Waals surface area contributed by atoms with Crippen molar-refractivity contribution in [1.82, 2.24) is 0 Å². The molecular weight excluding hydrogens is 273 g/mol. The Balaban J connectivity index is 3.31. The fourth-order valence-electron chi connectivity index (χ4n) is 0.992. The quantitative estimate of drug-likeness (QED) is 0.765. The Labute approximate surface area is 98.9 Å². The molecule has 1 atom stereocenters. The molecular formula is C8H5Cl3F3N. The summed E-state index contributed by atoms with van der Waals surface area (Å²) < 4.78 is 37.0. The van der Waals surface area contributed by atoms with Gasteiger partial charge in [-0.25, -0.2) is 0 Å². The SMILES string of the molecule is N[C@@H](c1c(Cl)ccc(Cl)c1Cl)C(F)(F)F. The number of halogens is 6. The molecule has 0 aliphatic carbocycles. The summed E-state index contributed by atoms with van der Waals surface area (Å²) in [4.78, 5) is 0. The Morgan fingerprint density at radius 3 is 2.00 bits per heavy atom. The normalized spacial score (nSPS) is 14.1. The van der Waals surface area contributed by atoms with Crippen LogP contribution in [0.3, 0.4) is 0 Å². The first-order chi connectivity index (χ1) is 6.75. The molecule has 0 amide bonds. The second-order valence-corrected chi connectivity index (χ2v) is 3.97. The van der Waals surface area contributed by atoms with Gasteiger partial charge in [-0.05, 0) is 12.1 Å². The van der Waals surface area contributed by atoms with Crippen LogP contribution in [-0.2, 0) is 0 Å². The van der Waals surface area contributed by atoms with Crippen LogP contribution in [-0.4, -0.2) is 6.18 Å². The van der Waals surface area contributed by atoms with E-state index in [2.05, 4.69) is 0 Å². The van der Waals surface area contributed by atoms with Gasteiger partial charge in [0, 0.05) is 10.6 Å². The fourth-order valence-corrected chi connectivity index (χ4v) is 1.76. The highest BCUT2D eigenvalue weighted by Gasteiger charge is 2.40. The molecule has 84 valence electrons. The molecule has 0 saturated heterocycles. The van der Waals surface area contributed by atoms with Crippen LogP contribution in [0.25, 0.3) is 0 Å². The van der Waals surface area contributed by atoms with Crippen molar-refractivity contribution in [2.24, 2.45) is 5.73 Å². The molecule has 0 heterocycles. The van der Waals surface area contributed by atoms with E-state index in [1.807, 2.05) is 0 Å². The molecule has 0 bridgehead atoms. The Bertz CT molecular complexity index is 378. The molecule has 0 fully saturated rings. The van der Waals surface area contributed by atoms with Crippen LogP contribution < -0.4 is 5.73 Å². The minimum absolute atomic E-state index is 0.0178. The van der Waals surface area contributed by atoms with Gasteiger partial charge >= 0.3 is 6.18 Å². The lowest BCUT2D eigenvalue weighted by Gasteiger charge is -2.18. The average molecular weight is 278 g/mol. The lowest BCUT2D eigenvalue weighted by molar-refractivity contribution is -0.149. The average Bonchev–Trinajstić information content (AvgIpc) is 2.10. The molecule has 0 aliphatic heterocycles. The summed E-state index contributed by atoms with van der Waals surface area (Å²) in [5, 5.41) is -0.445. The zero-order valence-electron chi connectivity index (χ0n) is 7.08. The van der Waals surface area contributed by atoms with Crippen LogP contribution in [0, 0.1) is 0 Å². The molecule has 1 aromatic rings. The minimum atomic E-state index is -4.61. The maximum absolute atomic E-state index is 12.3. The van der Waals surface area contributed by atoms with E-state index in [0.29, 0.717) is 0 Å². The van der Waals surface area contributed by atoms with Gasteiger partial charge in [0.2, 0.25) is 0 Å². The monoisotopic (exact) mass is 277 g/mol. The van der Waals surface area contributed by atoms with Crippen molar-refractivity contribution in [3.05, 3.63) is 32.8 Å². The smallest absolute Gasteiger partial charge is 0.316 e. The van der Waals surface area contributed by atoms with Crippen LogP contribution in [0.4, 0.5) is 13.2 Å². The molecule has 15 heavy (non-hydrogen) atoms. The number of hydrogen-bond acceptors (Lipinski definition) is 1. The highest BCUT2D eigenvalue weighted by Crippen LogP contribution is 2.40. The Morgan fingerprint density at radius 2 is 1.53 bits per heavy atom. The third-order valence-electron chi connectivity index (χ3n) is 1.74. The molecule has 0 aliphatic rings. The molecule has 0 spiro atoms. The van der Waals surface area contributed by atoms with Gasteiger partial charge in [-0.3, -0.25) is 0 Å². The first-order valence-corrected chi connectivity index (χ1v) is 4.84. The number of benzene rings is 1. The summed E-state index contributed by atoms with van der Waals surface area (Å²) in [6.45, 7) is 0. The number of alkyl halides is 3. The molecule has 0 aromatic heterocycles. The Kier molecular flexibility index (Phi) is 3.76. The summed E-state index contributed by atoms with van der Waals surface area (Å²) >= 11 is 16.7. The molecule has 1 aromatic carbocycles. The third kappa shape index (κ3) is 2.69. The summed E-state index contributed by atoms with van der Waals surface area (Å²) in [6, 6.07) is 0.284. The highest BCUT2D eigenvalue weighted by molar-refractivity contribution is 6.44. The van der Waals surface area contributed by atoms with Gasteiger partial charge in [0.05, 0.1) is 10.0 Å². The molecule has 0 saturated carbocycles. The summed E-state index contributed by atoms with van der Waals surface area (Å²) in [5.41, 5.74) is 4.59. The van der Waals surface area contributed by atoms with E-state index in [0.717, 1.165) is 0 Å². The fraction of sp³-hybridized carbons (Fsp3) is 0.250. The summed E-state index contributed by atoms with van der Waals surface area (Å²) in [5.74, 6) is 0. The Morgan fingerprint density at radius 1 is 1.07 bits per heavy atom. The van der Waals surface area contributed by atoms with Crippen LogP contribution in [0.1, 0.15) is 11.6 Å². The second-order valence-electron chi connectivity index (χ2n) is 2.78. The highest BCUT2D eigenvalue weighted by atomic mass is 35.5. The summed E-state index contributed by atoms with van der Waals surface area (Å²) in [6.07, 6.45) is -4.61. The van der Waals surface area contributed by atoms with Crippen LogP contribution in [0.5, 0.6) is 0 Å². The number of rotatable bonds is 1. The van der Waals surface area contributed by atoms with E-state index in [1.165, 1.54) is 12.1 Å². The maximum Gasteiger partial charge on any atom is 0.407 e. The van der Waals surface area contributed by atoms with Gasteiger partial charge in [0.25, 0.3) is 0 Å². The maximum atomic E-state index is 12.3. The van der Waals surface area contributed by atoms with Crippen molar-refractivity contribution in [1.29, 1.82) is 0 Å². The summed E-state index contributed by atoms with van der Waals surface area (Å²) in [7, 11) is 0.